The van der Waals surface area contributed by atoms with Crippen LogP contribution in [0.25, 0.3) is 0 Å². The Kier molecular flexibility index (Phi) is 3.74. The van der Waals surface area contributed by atoms with Gasteiger partial charge in [0.1, 0.15) is 0 Å². The normalized spacial score (nSPS) is 24.3. The monoisotopic (exact) mass is 241 g/mol. The number of hydrogen-bond acceptors (Lipinski definition) is 4. The van der Waals surface area contributed by atoms with Gasteiger partial charge >= 0.3 is 6.03 Å². The minimum atomic E-state index is -0.264. The molecule has 16 heavy (non-hydrogen) atoms. The summed E-state index contributed by atoms with van der Waals surface area (Å²) in [5, 5.41) is 17.4. The Morgan fingerprint density at radius 1 is 1.62 bits per heavy atom. The highest BCUT2D eigenvalue weighted by Gasteiger charge is 2.25. The van der Waals surface area contributed by atoms with Crippen LogP contribution in [-0.4, -0.2) is 28.8 Å². The number of hydrogen-bond donors (Lipinski definition) is 3. The third-order valence-corrected chi connectivity index (χ3v) is 3.49. The molecule has 2 atom stereocenters. The van der Waals surface area contributed by atoms with E-state index in [1.165, 1.54) is 11.3 Å². The topological polar surface area (TPSA) is 74.2 Å². The fourth-order valence-electron chi connectivity index (χ4n) is 1.91. The van der Waals surface area contributed by atoms with Crippen LogP contribution in [0.1, 0.15) is 19.3 Å². The molecule has 2 amide bonds. The van der Waals surface area contributed by atoms with Gasteiger partial charge in [-0.3, -0.25) is 5.32 Å². The average Bonchev–Trinajstić information content (AvgIpc) is 2.87. The van der Waals surface area contributed by atoms with Crippen LogP contribution in [0.3, 0.4) is 0 Å². The fraction of sp³-hybridized carbons (Fsp3) is 0.600. The van der Waals surface area contributed by atoms with E-state index in [2.05, 4.69) is 15.6 Å². The minimum Gasteiger partial charge on any atom is -0.393 e. The fourth-order valence-corrected chi connectivity index (χ4v) is 2.43. The summed E-state index contributed by atoms with van der Waals surface area (Å²) in [6.45, 7) is 0.526. The number of thiazole rings is 1. The second-order valence-corrected chi connectivity index (χ2v) is 4.83. The molecule has 1 heterocycles. The summed E-state index contributed by atoms with van der Waals surface area (Å²) in [5.41, 5.74) is 0. The molecule has 2 rings (SSSR count). The summed E-state index contributed by atoms with van der Waals surface area (Å²) in [4.78, 5) is 15.4. The summed E-state index contributed by atoms with van der Waals surface area (Å²) >= 11 is 1.38. The van der Waals surface area contributed by atoms with Gasteiger partial charge in [-0.05, 0) is 12.8 Å². The maximum atomic E-state index is 11.4. The molecule has 1 aromatic heterocycles. The van der Waals surface area contributed by atoms with Gasteiger partial charge in [0, 0.05) is 24.0 Å². The second kappa shape index (κ2) is 5.27. The maximum Gasteiger partial charge on any atom is 0.321 e. The van der Waals surface area contributed by atoms with E-state index in [1.54, 1.807) is 11.6 Å². The number of carbonyl (C=O) groups is 1. The lowest BCUT2D eigenvalue weighted by Gasteiger charge is -2.14. The molecule has 0 aliphatic heterocycles. The first kappa shape index (κ1) is 11.3. The van der Waals surface area contributed by atoms with Crippen LogP contribution in [0.2, 0.25) is 0 Å². The van der Waals surface area contributed by atoms with Gasteiger partial charge in [-0.25, -0.2) is 9.78 Å². The zero-order valence-electron chi connectivity index (χ0n) is 8.85. The van der Waals surface area contributed by atoms with E-state index in [0.29, 0.717) is 11.7 Å². The number of urea groups is 1. The number of aliphatic hydroxyl groups excluding tert-OH is 1. The van der Waals surface area contributed by atoms with Crippen LogP contribution in [0, 0.1) is 5.92 Å². The standard InChI is InChI=1S/C10H15N3O2S/c14-8-3-1-2-7(8)6-12-9(15)13-10-11-4-5-16-10/h4-5,7-8,14H,1-3,6H2,(H2,11,12,13,15)/t7-,8-/m0/s1. The smallest absolute Gasteiger partial charge is 0.321 e. The predicted molar refractivity (Wildman–Crippen MR) is 62.5 cm³/mol. The van der Waals surface area contributed by atoms with E-state index in [1.807, 2.05) is 0 Å². The Balaban J connectivity index is 1.71. The summed E-state index contributed by atoms with van der Waals surface area (Å²) < 4.78 is 0. The van der Waals surface area contributed by atoms with Crippen molar-refractivity contribution in [1.29, 1.82) is 0 Å². The minimum absolute atomic E-state index is 0.196. The highest BCUT2D eigenvalue weighted by molar-refractivity contribution is 7.13. The third kappa shape index (κ3) is 2.93. The highest BCUT2D eigenvalue weighted by Crippen LogP contribution is 2.24. The molecule has 6 heteroatoms. The van der Waals surface area contributed by atoms with E-state index in [9.17, 15) is 9.90 Å². The largest absolute Gasteiger partial charge is 0.393 e. The number of rotatable bonds is 3. The predicted octanol–water partition coefficient (Wildman–Crippen LogP) is 1.43. The molecule has 0 bridgehead atoms. The zero-order valence-corrected chi connectivity index (χ0v) is 9.67. The van der Waals surface area contributed by atoms with Crippen LogP contribution in [0.5, 0.6) is 0 Å². The summed E-state index contributed by atoms with van der Waals surface area (Å²) in [6, 6.07) is -0.256. The van der Waals surface area contributed by atoms with Crippen LogP contribution in [-0.2, 0) is 0 Å². The molecule has 0 spiro atoms. The van der Waals surface area contributed by atoms with Crippen LogP contribution < -0.4 is 10.6 Å². The van der Waals surface area contributed by atoms with Gasteiger partial charge in [0.25, 0.3) is 0 Å². The van der Waals surface area contributed by atoms with Gasteiger partial charge in [0.2, 0.25) is 0 Å². The highest BCUT2D eigenvalue weighted by atomic mass is 32.1. The summed E-state index contributed by atoms with van der Waals surface area (Å²) in [5.74, 6) is 0.196. The lowest BCUT2D eigenvalue weighted by molar-refractivity contribution is 0.133. The van der Waals surface area contributed by atoms with Crippen LogP contribution >= 0.6 is 11.3 Å². The molecule has 3 N–H and O–H groups in total. The Labute approximate surface area is 97.9 Å². The van der Waals surface area contributed by atoms with Crippen molar-refractivity contribution in [3.63, 3.8) is 0 Å². The van der Waals surface area contributed by atoms with Crippen molar-refractivity contribution in [2.75, 3.05) is 11.9 Å². The van der Waals surface area contributed by atoms with Gasteiger partial charge < -0.3 is 10.4 Å². The molecule has 1 aliphatic rings. The Bertz CT molecular complexity index is 342. The van der Waals surface area contributed by atoms with Gasteiger partial charge in [-0.1, -0.05) is 6.42 Å². The molecule has 0 radical (unpaired) electrons. The SMILES string of the molecule is O=C(NC[C@@H]1CCC[C@@H]1O)Nc1nccs1. The first-order chi connectivity index (χ1) is 7.75. The van der Waals surface area contributed by atoms with E-state index in [0.717, 1.165) is 19.3 Å². The molecular weight excluding hydrogens is 226 g/mol. The quantitative estimate of drug-likeness (QED) is 0.749. The molecule has 1 aliphatic carbocycles. The number of amides is 2. The van der Waals surface area contributed by atoms with Crippen molar-refractivity contribution < 1.29 is 9.90 Å². The van der Waals surface area contributed by atoms with Crippen molar-refractivity contribution in [3.05, 3.63) is 11.6 Å². The van der Waals surface area contributed by atoms with Gasteiger partial charge in [-0.15, -0.1) is 11.3 Å². The molecule has 1 fully saturated rings. The van der Waals surface area contributed by atoms with Crippen molar-refractivity contribution in [2.24, 2.45) is 5.92 Å². The van der Waals surface area contributed by atoms with Crippen LogP contribution in [0.15, 0.2) is 11.6 Å². The van der Waals surface area contributed by atoms with E-state index in [4.69, 9.17) is 0 Å². The number of anilines is 1. The first-order valence-corrected chi connectivity index (χ1v) is 6.26. The molecule has 88 valence electrons. The lowest BCUT2D eigenvalue weighted by Crippen LogP contribution is -2.35. The molecule has 0 saturated heterocycles. The second-order valence-electron chi connectivity index (χ2n) is 3.93. The first-order valence-electron chi connectivity index (χ1n) is 5.38. The number of carbonyl (C=O) groups excluding carboxylic acids is 1. The van der Waals surface area contributed by atoms with Gasteiger partial charge in [0.15, 0.2) is 5.13 Å². The van der Waals surface area contributed by atoms with Gasteiger partial charge in [0.05, 0.1) is 6.10 Å². The van der Waals surface area contributed by atoms with E-state index < -0.39 is 0 Å². The third-order valence-electron chi connectivity index (χ3n) is 2.80. The van der Waals surface area contributed by atoms with Crippen molar-refractivity contribution in [1.82, 2.24) is 10.3 Å². The van der Waals surface area contributed by atoms with Crippen molar-refractivity contribution >= 4 is 22.5 Å². The molecular formula is C10H15N3O2S. The molecule has 1 aromatic rings. The number of nitrogens with zero attached hydrogens (tertiary/aromatic N) is 1. The van der Waals surface area contributed by atoms with Gasteiger partial charge in [-0.2, -0.15) is 0 Å². The average molecular weight is 241 g/mol. The maximum absolute atomic E-state index is 11.4. The summed E-state index contributed by atoms with van der Waals surface area (Å²) in [7, 11) is 0. The van der Waals surface area contributed by atoms with E-state index in [-0.39, 0.29) is 18.1 Å². The Morgan fingerprint density at radius 2 is 2.50 bits per heavy atom. The molecule has 5 nitrogen and oxygen atoms in total. The molecule has 0 unspecified atom stereocenters. The zero-order chi connectivity index (χ0) is 11.4. The summed E-state index contributed by atoms with van der Waals surface area (Å²) in [6.07, 6.45) is 4.25. The Morgan fingerprint density at radius 3 is 3.12 bits per heavy atom. The van der Waals surface area contributed by atoms with Crippen molar-refractivity contribution in [2.45, 2.75) is 25.4 Å². The number of aliphatic hydroxyl groups is 1. The van der Waals surface area contributed by atoms with Crippen LogP contribution in [0.4, 0.5) is 9.93 Å². The van der Waals surface area contributed by atoms with E-state index >= 15 is 0 Å². The van der Waals surface area contributed by atoms with Crippen molar-refractivity contribution in [3.8, 4) is 0 Å². The number of aromatic nitrogens is 1. The molecule has 1 saturated carbocycles. The number of nitrogens with one attached hydrogen (secondary N) is 2. The Hall–Kier alpha value is -1.14. The molecule has 0 aromatic carbocycles. The lowest BCUT2D eigenvalue weighted by atomic mass is 10.1.